The zero-order valence-electron chi connectivity index (χ0n) is 18.6. The van der Waals surface area contributed by atoms with Crippen molar-refractivity contribution >= 4 is 29.9 Å². The quantitative estimate of drug-likeness (QED) is 0.628. The molecule has 2 N–H and O–H groups in total. The molecule has 1 atom stereocenters. The molecule has 0 aliphatic carbocycles. The van der Waals surface area contributed by atoms with Gasteiger partial charge in [-0.3, -0.25) is 4.79 Å². The number of rotatable bonds is 7. The molecule has 2 aromatic carbocycles. The molecule has 174 valence electrons. The Hall–Kier alpha value is -1.79. The van der Waals surface area contributed by atoms with E-state index in [-0.39, 0.29) is 23.9 Å². The largest absolute Gasteiger partial charge is 0.497 e. The summed E-state index contributed by atoms with van der Waals surface area (Å²) in [5.74, 6) is 1.18. The van der Waals surface area contributed by atoms with Crippen LogP contribution in [0.15, 0.2) is 48.5 Å². The molecule has 7 heteroatoms. The summed E-state index contributed by atoms with van der Waals surface area (Å²) in [7, 11) is 1.67. The van der Waals surface area contributed by atoms with Gasteiger partial charge in [-0.05, 0) is 80.7 Å². The predicted molar refractivity (Wildman–Crippen MR) is 131 cm³/mol. The highest BCUT2D eigenvalue weighted by atomic mass is 35.5. The number of ether oxygens (including phenoxy) is 1. The minimum atomic E-state index is -0.169. The molecule has 0 saturated carbocycles. The third-order valence-corrected chi connectivity index (χ3v) is 7.22. The van der Waals surface area contributed by atoms with Gasteiger partial charge < -0.3 is 20.3 Å². The minimum Gasteiger partial charge on any atom is -0.497 e. The molecule has 0 bridgehead atoms. The third kappa shape index (κ3) is 5.57. The fraction of sp³-hybridized carbons (Fsp3) is 0.480. The van der Waals surface area contributed by atoms with E-state index in [0.717, 1.165) is 73.8 Å². The first-order chi connectivity index (χ1) is 15.0. The normalized spacial score (nSPS) is 19.1. The molecule has 32 heavy (non-hydrogen) atoms. The third-order valence-electron chi connectivity index (χ3n) is 6.98. The van der Waals surface area contributed by atoms with Crippen LogP contribution in [0.2, 0.25) is 5.02 Å². The number of carbonyl (C=O) groups excluding carboxylic acids is 1. The summed E-state index contributed by atoms with van der Waals surface area (Å²) in [6.07, 6.45) is 3.75. The second kappa shape index (κ2) is 10.9. The molecule has 5 nitrogen and oxygen atoms in total. The van der Waals surface area contributed by atoms with E-state index in [2.05, 4.69) is 4.90 Å². The lowest BCUT2D eigenvalue weighted by atomic mass is 9.77. The van der Waals surface area contributed by atoms with Crippen LogP contribution in [0.3, 0.4) is 0 Å². The molecule has 1 unspecified atom stereocenters. The van der Waals surface area contributed by atoms with Crippen molar-refractivity contribution in [1.82, 2.24) is 9.80 Å². The molecule has 2 saturated heterocycles. The van der Waals surface area contributed by atoms with Crippen molar-refractivity contribution in [3.8, 4) is 5.75 Å². The van der Waals surface area contributed by atoms with Crippen molar-refractivity contribution in [3.05, 3.63) is 64.7 Å². The second-order valence-electron chi connectivity index (χ2n) is 8.90. The number of halogens is 2. The number of hydrogen-bond acceptors (Lipinski definition) is 4. The van der Waals surface area contributed by atoms with E-state index in [1.807, 2.05) is 53.4 Å². The summed E-state index contributed by atoms with van der Waals surface area (Å²) in [5.41, 5.74) is 8.44. The zero-order chi connectivity index (χ0) is 21.8. The Labute approximate surface area is 202 Å². The Morgan fingerprint density at radius 3 is 2.44 bits per heavy atom. The molecule has 1 spiro atoms. The lowest BCUT2D eigenvalue weighted by molar-refractivity contribution is -0.138. The minimum absolute atomic E-state index is 0. The van der Waals surface area contributed by atoms with Crippen LogP contribution in [0.1, 0.15) is 42.9 Å². The van der Waals surface area contributed by atoms with E-state index in [1.54, 1.807) is 7.11 Å². The average molecular weight is 478 g/mol. The van der Waals surface area contributed by atoms with Gasteiger partial charge in [-0.15, -0.1) is 12.4 Å². The highest BCUT2D eigenvalue weighted by molar-refractivity contribution is 6.30. The monoisotopic (exact) mass is 477 g/mol. The van der Waals surface area contributed by atoms with Crippen molar-refractivity contribution in [3.63, 3.8) is 0 Å². The maximum absolute atomic E-state index is 13.2. The van der Waals surface area contributed by atoms with Crippen molar-refractivity contribution in [1.29, 1.82) is 0 Å². The molecule has 1 amide bonds. The predicted octanol–water partition coefficient (Wildman–Crippen LogP) is 4.68. The molecule has 2 heterocycles. The van der Waals surface area contributed by atoms with Gasteiger partial charge in [-0.1, -0.05) is 35.9 Å². The van der Waals surface area contributed by atoms with E-state index in [4.69, 9.17) is 22.1 Å². The van der Waals surface area contributed by atoms with Crippen LogP contribution in [0.5, 0.6) is 5.75 Å². The number of hydrogen-bond donors (Lipinski definition) is 1. The number of amides is 1. The SMILES string of the molecule is COc1ccc(CN2CCC3(CCN(CCC(N)c4cccc(Cl)c4)CC3)C2=O)cc1.Cl. The second-order valence-corrected chi connectivity index (χ2v) is 9.33. The topological polar surface area (TPSA) is 58.8 Å². The van der Waals surface area contributed by atoms with Crippen LogP contribution in [0.25, 0.3) is 0 Å². The van der Waals surface area contributed by atoms with Gasteiger partial charge in [0.15, 0.2) is 0 Å². The molecule has 2 aliphatic rings. The molecule has 0 radical (unpaired) electrons. The van der Waals surface area contributed by atoms with Crippen LogP contribution in [-0.4, -0.2) is 49.0 Å². The summed E-state index contributed by atoms with van der Waals surface area (Å²) < 4.78 is 5.23. The van der Waals surface area contributed by atoms with E-state index < -0.39 is 0 Å². The molecule has 4 rings (SSSR count). The molecule has 0 aromatic heterocycles. The zero-order valence-corrected chi connectivity index (χ0v) is 20.2. The van der Waals surface area contributed by atoms with Gasteiger partial charge in [0.2, 0.25) is 5.91 Å². The number of nitrogens with two attached hydrogens (primary N) is 1. The Bertz CT molecular complexity index is 898. The molecule has 2 fully saturated rings. The van der Waals surface area contributed by atoms with E-state index in [9.17, 15) is 4.79 Å². The first kappa shape index (κ1) is 24.8. The Morgan fingerprint density at radius 1 is 1.09 bits per heavy atom. The fourth-order valence-corrected chi connectivity index (χ4v) is 5.09. The maximum Gasteiger partial charge on any atom is 0.229 e. The molecular formula is C25H33Cl2N3O2. The highest BCUT2D eigenvalue weighted by Crippen LogP contribution is 2.42. The smallest absolute Gasteiger partial charge is 0.229 e. The Kier molecular flexibility index (Phi) is 8.45. The first-order valence-corrected chi connectivity index (χ1v) is 11.5. The molecule has 2 aliphatic heterocycles. The van der Waals surface area contributed by atoms with Gasteiger partial charge in [-0.25, -0.2) is 0 Å². The van der Waals surface area contributed by atoms with E-state index >= 15 is 0 Å². The number of methoxy groups -OCH3 is 1. The lowest BCUT2D eigenvalue weighted by Gasteiger charge is -2.38. The Morgan fingerprint density at radius 2 is 1.78 bits per heavy atom. The van der Waals surface area contributed by atoms with Gasteiger partial charge in [-0.2, -0.15) is 0 Å². The maximum atomic E-state index is 13.2. The fourth-order valence-electron chi connectivity index (χ4n) is 4.89. The number of likely N-dealkylation sites (tertiary alicyclic amines) is 2. The average Bonchev–Trinajstić information content (AvgIpc) is 3.09. The standard InChI is InChI=1S/C25H32ClN3O2.ClH/c1-31-22-7-5-19(6-8-22)18-29-16-12-25(24(29)30)10-14-28(15-11-25)13-9-23(27)20-3-2-4-21(26)17-20;/h2-8,17,23H,9-16,18,27H2,1H3;1H. The summed E-state index contributed by atoms with van der Waals surface area (Å²) in [4.78, 5) is 17.7. The Balaban J connectivity index is 0.00000289. The molecule has 2 aromatic rings. The number of piperidine rings is 1. The van der Waals surface area contributed by atoms with E-state index in [0.29, 0.717) is 12.5 Å². The lowest BCUT2D eigenvalue weighted by Crippen LogP contribution is -2.45. The summed E-state index contributed by atoms with van der Waals surface area (Å²) in [6, 6.07) is 15.8. The molecular weight excluding hydrogens is 445 g/mol. The highest BCUT2D eigenvalue weighted by Gasteiger charge is 2.47. The van der Waals surface area contributed by atoms with Crippen molar-refractivity contribution < 1.29 is 9.53 Å². The van der Waals surface area contributed by atoms with Crippen molar-refractivity contribution in [2.75, 3.05) is 33.3 Å². The van der Waals surface area contributed by atoms with Gasteiger partial charge in [0.1, 0.15) is 5.75 Å². The van der Waals surface area contributed by atoms with Gasteiger partial charge in [0, 0.05) is 24.2 Å². The summed E-state index contributed by atoms with van der Waals surface area (Å²) in [6.45, 7) is 4.41. The van der Waals surface area contributed by atoms with Crippen molar-refractivity contribution in [2.24, 2.45) is 11.1 Å². The van der Waals surface area contributed by atoms with Gasteiger partial charge in [0.25, 0.3) is 0 Å². The van der Waals surface area contributed by atoms with Gasteiger partial charge in [0.05, 0.1) is 12.5 Å². The van der Waals surface area contributed by atoms with Gasteiger partial charge >= 0.3 is 0 Å². The summed E-state index contributed by atoms with van der Waals surface area (Å²) >= 11 is 6.09. The number of nitrogens with zero attached hydrogens (tertiary/aromatic N) is 2. The summed E-state index contributed by atoms with van der Waals surface area (Å²) in [5, 5.41) is 0.729. The van der Waals surface area contributed by atoms with Crippen LogP contribution >= 0.6 is 24.0 Å². The van der Waals surface area contributed by atoms with Crippen LogP contribution < -0.4 is 10.5 Å². The van der Waals surface area contributed by atoms with Crippen LogP contribution in [0, 0.1) is 5.41 Å². The van der Waals surface area contributed by atoms with Crippen LogP contribution in [0.4, 0.5) is 0 Å². The number of carbonyl (C=O) groups is 1. The van der Waals surface area contributed by atoms with Crippen molar-refractivity contribution in [2.45, 2.75) is 38.3 Å². The first-order valence-electron chi connectivity index (χ1n) is 11.1. The number of benzene rings is 2. The van der Waals surface area contributed by atoms with E-state index in [1.165, 1.54) is 0 Å². The van der Waals surface area contributed by atoms with Crippen LogP contribution in [-0.2, 0) is 11.3 Å².